The van der Waals surface area contributed by atoms with Crippen LogP contribution >= 0.6 is 0 Å². The van der Waals surface area contributed by atoms with E-state index < -0.39 is 0 Å². The predicted octanol–water partition coefficient (Wildman–Crippen LogP) is 3.26. The van der Waals surface area contributed by atoms with Gasteiger partial charge in [-0.3, -0.25) is 4.79 Å². The minimum Gasteiger partial charge on any atom is -0.378 e. The highest BCUT2D eigenvalue weighted by molar-refractivity contribution is 6.07. The molecule has 1 saturated heterocycles. The second kappa shape index (κ2) is 6.37. The van der Waals surface area contributed by atoms with Gasteiger partial charge < -0.3 is 19.9 Å². The molecule has 0 radical (unpaired) electrons. The van der Waals surface area contributed by atoms with Gasteiger partial charge >= 0.3 is 0 Å². The van der Waals surface area contributed by atoms with Crippen LogP contribution in [0.5, 0.6) is 0 Å². The quantitative estimate of drug-likeness (QED) is 0.778. The largest absolute Gasteiger partial charge is 0.378 e. The van der Waals surface area contributed by atoms with Gasteiger partial charge in [-0.05, 0) is 36.4 Å². The van der Waals surface area contributed by atoms with E-state index >= 15 is 0 Å². The summed E-state index contributed by atoms with van der Waals surface area (Å²) >= 11 is 0. The third-order valence-corrected chi connectivity index (χ3v) is 4.32. The van der Waals surface area contributed by atoms with Crippen molar-refractivity contribution in [2.24, 2.45) is 0 Å². The summed E-state index contributed by atoms with van der Waals surface area (Å²) in [6, 6.07) is 15.5. The minimum absolute atomic E-state index is 0.0983. The second-order valence-corrected chi connectivity index (χ2v) is 5.85. The van der Waals surface area contributed by atoms with E-state index in [2.05, 4.69) is 15.2 Å². The number of fused-ring (bicyclic) bond motifs is 1. The Hall–Kier alpha value is -2.79. The number of para-hydroxylation sites is 2. The molecule has 0 saturated carbocycles. The lowest BCUT2D eigenvalue weighted by Gasteiger charge is -2.30. The number of hydrogen-bond donors (Lipinski definition) is 2. The Kier molecular flexibility index (Phi) is 3.92. The maximum atomic E-state index is 12.7. The molecule has 1 aliphatic rings. The molecule has 2 N–H and O–H groups in total. The number of nitrogens with one attached hydrogen (secondary N) is 2. The molecular weight excluding hydrogens is 302 g/mol. The normalized spacial score (nSPS) is 14.8. The number of carbonyl (C=O) groups is 1. The Morgan fingerprint density at radius 3 is 2.79 bits per heavy atom. The van der Waals surface area contributed by atoms with E-state index in [1.165, 1.54) is 0 Å². The monoisotopic (exact) mass is 321 g/mol. The number of carbonyl (C=O) groups excluding carboxylic acids is 1. The fourth-order valence-electron chi connectivity index (χ4n) is 3.05. The van der Waals surface area contributed by atoms with E-state index in [0.29, 0.717) is 18.8 Å². The van der Waals surface area contributed by atoms with Crippen LogP contribution in [-0.2, 0) is 4.74 Å². The third-order valence-electron chi connectivity index (χ3n) is 4.32. The molecule has 2 aromatic carbocycles. The Morgan fingerprint density at radius 1 is 1.08 bits per heavy atom. The lowest BCUT2D eigenvalue weighted by molar-refractivity contribution is 0.102. The van der Waals surface area contributed by atoms with Gasteiger partial charge in [0.2, 0.25) is 0 Å². The highest BCUT2D eigenvalue weighted by Gasteiger charge is 2.16. The number of nitrogens with zero attached hydrogens (tertiary/aromatic N) is 1. The highest BCUT2D eigenvalue weighted by atomic mass is 16.5. The summed E-state index contributed by atoms with van der Waals surface area (Å²) in [5.74, 6) is -0.0983. The topological polar surface area (TPSA) is 57.4 Å². The average Bonchev–Trinajstić information content (AvgIpc) is 3.10. The van der Waals surface area contributed by atoms with Crippen molar-refractivity contribution in [1.29, 1.82) is 0 Å². The molecule has 1 amide bonds. The Balaban J connectivity index is 1.59. The lowest BCUT2D eigenvalue weighted by atomic mass is 10.1. The molecule has 5 nitrogen and oxygen atoms in total. The molecule has 2 heterocycles. The van der Waals surface area contributed by atoms with Crippen LogP contribution in [-0.4, -0.2) is 37.2 Å². The standard InChI is InChI=1S/C19H19N3O2/c23-19(15-5-6-16-14(13-15)7-8-20-16)21-17-3-1-2-4-18(17)22-9-11-24-12-10-22/h1-8,13,20H,9-12H2,(H,21,23). The molecule has 1 aliphatic heterocycles. The average molecular weight is 321 g/mol. The number of rotatable bonds is 3. The summed E-state index contributed by atoms with van der Waals surface area (Å²) in [5, 5.41) is 4.08. The third kappa shape index (κ3) is 2.86. The molecule has 0 atom stereocenters. The van der Waals surface area contributed by atoms with Gasteiger partial charge in [-0.2, -0.15) is 0 Å². The molecule has 3 aromatic rings. The number of benzene rings is 2. The van der Waals surface area contributed by atoms with E-state index in [4.69, 9.17) is 4.74 Å². The maximum absolute atomic E-state index is 12.7. The lowest BCUT2D eigenvalue weighted by Crippen LogP contribution is -2.36. The van der Waals surface area contributed by atoms with Gasteiger partial charge in [0.1, 0.15) is 0 Å². The zero-order valence-electron chi connectivity index (χ0n) is 13.3. The fraction of sp³-hybridized carbons (Fsp3) is 0.211. The zero-order valence-corrected chi connectivity index (χ0v) is 13.3. The number of anilines is 2. The van der Waals surface area contributed by atoms with Crippen LogP contribution in [0.3, 0.4) is 0 Å². The van der Waals surface area contributed by atoms with Crippen molar-refractivity contribution in [1.82, 2.24) is 4.98 Å². The van der Waals surface area contributed by atoms with Crippen molar-refractivity contribution in [2.75, 3.05) is 36.5 Å². The number of ether oxygens (including phenoxy) is 1. The zero-order chi connectivity index (χ0) is 16.4. The summed E-state index contributed by atoms with van der Waals surface area (Å²) in [4.78, 5) is 18.0. The fourth-order valence-corrected chi connectivity index (χ4v) is 3.05. The van der Waals surface area contributed by atoms with Crippen LogP contribution in [0.2, 0.25) is 0 Å². The number of aromatic nitrogens is 1. The number of hydrogen-bond acceptors (Lipinski definition) is 3. The molecule has 122 valence electrons. The van der Waals surface area contributed by atoms with Gasteiger partial charge in [0, 0.05) is 35.8 Å². The van der Waals surface area contributed by atoms with Crippen LogP contribution < -0.4 is 10.2 Å². The smallest absolute Gasteiger partial charge is 0.255 e. The van der Waals surface area contributed by atoms with Gasteiger partial charge in [0.15, 0.2) is 0 Å². The first-order valence-corrected chi connectivity index (χ1v) is 8.11. The molecular formula is C19H19N3O2. The Morgan fingerprint density at radius 2 is 1.92 bits per heavy atom. The van der Waals surface area contributed by atoms with E-state index in [-0.39, 0.29) is 5.91 Å². The number of aromatic amines is 1. The number of amides is 1. The van der Waals surface area contributed by atoms with Crippen molar-refractivity contribution in [3.05, 3.63) is 60.3 Å². The van der Waals surface area contributed by atoms with Gasteiger partial charge in [0.25, 0.3) is 5.91 Å². The van der Waals surface area contributed by atoms with Crippen LogP contribution in [0.25, 0.3) is 10.9 Å². The predicted molar refractivity (Wildman–Crippen MR) is 95.7 cm³/mol. The molecule has 5 heteroatoms. The van der Waals surface area contributed by atoms with Gasteiger partial charge in [-0.15, -0.1) is 0 Å². The van der Waals surface area contributed by atoms with Crippen molar-refractivity contribution in [3.63, 3.8) is 0 Å². The molecule has 0 bridgehead atoms. The van der Waals surface area contributed by atoms with Crippen molar-refractivity contribution in [3.8, 4) is 0 Å². The first-order valence-electron chi connectivity index (χ1n) is 8.11. The molecule has 1 fully saturated rings. The van der Waals surface area contributed by atoms with E-state index in [1.54, 1.807) is 0 Å². The minimum atomic E-state index is -0.0983. The van der Waals surface area contributed by atoms with Gasteiger partial charge in [0.05, 0.1) is 24.6 Å². The van der Waals surface area contributed by atoms with Crippen molar-refractivity contribution >= 4 is 28.2 Å². The van der Waals surface area contributed by atoms with E-state index in [1.807, 2.05) is 54.7 Å². The number of H-pyrrole nitrogens is 1. The van der Waals surface area contributed by atoms with Gasteiger partial charge in [-0.1, -0.05) is 12.1 Å². The summed E-state index contributed by atoms with van der Waals surface area (Å²) in [7, 11) is 0. The Labute approximate surface area is 140 Å². The summed E-state index contributed by atoms with van der Waals surface area (Å²) in [6.07, 6.45) is 1.88. The van der Waals surface area contributed by atoms with Crippen LogP contribution in [0.15, 0.2) is 54.7 Å². The Bertz CT molecular complexity index is 866. The number of morpholine rings is 1. The van der Waals surface area contributed by atoms with Crippen LogP contribution in [0.1, 0.15) is 10.4 Å². The van der Waals surface area contributed by atoms with E-state index in [0.717, 1.165) is 35.4 Å². The summed E-state index contributed by atoms with van der Waals surface area (Å²) in [6.45, 7) is 3.10. The van der Waals surface area contributed by atoms with Crippen LogP contribution in [0, 0.1) is 0 Å². The molecule has 4 rings (SSSR count). The first kappa shape index (κ1) is 14.8. The highest BCUT2D eigenvalue weighted by Crippen LogP contribution is 2.27. The molecule has 24 heavy (non-hydrogen) atoms. The van der Waals surface area contributed by atoms with Crippen molar-refractivity contribution < 1.29 is 9.53 Å². The molecule has 0 unspecified atom stereocenters. The second-order valence-electron chi connectivity index (χ2n) is 5.85. The van der Waals surface area contributed by atoms with E-state index in [9.17, 15) is 4.79 Å². The summed E-state index contributed by atoms with van der Waals surface area (Å²) < 4.78 is 5.41. The van der Waals surface area contributed by atoms with Crippen molar-refractivity contribution in [2.45, 2.75) is 0 Å². The first-order chi connectivity index (χ1) is 11.8. The summed E-state index contributed by atoms with van der Waals surface area (Å²) in [5.41, 5.74) is 3.55. The molecule has 0 spiro atoms. The van der Waals surface area contributed by atoms with Gasteiger partial charge in [-0.25, -0.2) is 0 Å². The molecule has 1 aromatic heterocycles. The van der Waals surface area contributed by atoms with Crippen LogP contribution in [0.4, 0.5) is 11.4 Å². The molecule has 0 aliphatic carbocycles. The maximum Gasteiger partial charge on any atom is 0.255 e. The SMILES string of the molecule is O=C(Nc1ccccc1N1CCOCC1)c1ccc2[nH]ccc2c1.